The quantitative estimate of drug-likeness (QED) is 0.692. The fraction of sp³-hybridized carbons (Fsp3) is 0.900. The molecule has 0 radical (unpaired) electrons. The van der Waals surface area contributed by atoms with Crippen molar-refractivity contribution in [2.75, 3.05) is 13.2 Å². The van der Waals surface area contributed by atoms with Crippen LogP contribution in [0, 0.1) is 11.3 Å². The van der Waals surface area contributed by atoms with Gasteiger partial charge in [0.2, 0.25) is 0 Å². The number of nitrogens with zero attached hydrogens (tertiary/aromatic N) is 1. The van der Waals surface area contributed by atoms with Gasteiger partial charge in [0.1, 0.15) is 0 Å². The van der Waals surface area contributed by atoms with Crippen LogP contribution < -0.4 is 5.32 Å². The predicted octanol–water partition coefficient (Wildman–Crippen LogP) is 2.24. The Morgan fingerprint density at radius 1 is 1.31 bits per heavy atom. The summed E-state index contributed by atoms with van der Waals surface area (Å²) in [6.07, 6.45) is -4.72. The Bertz CT molecular complexity index is 223. The van der Waals surface area contributed by atoms with Gasteiger partial charge in [0, 0.05) is 12.6 Å². The van der Waals surface area contributed by atoms with Gasteiger partial charge in [-0.3, -0.25) is 5.32 Å². The molecular formula is C10H17F3N2O. The molecule has 1 atom stereocenters. The van der Waals surface area contributed by atoms with Gasteiger partial charge in [-0.05, 0) is 20.3 Å². The summed E-state index contributed by atoms with van der Waals surface area (Å²) in [6.45, 7) is 3.61. The highest BCUT2D eigenvalue weighted by atomic mass is 19.4. The number of hydrogen-bond donors (Lipinski definition) is 1. The minimum atomic E-state index is -4.18. The first-order chi connectivity index (χ1) is 7.35. The highest BCUT2D eigenvalue weighted by Crippen LogP contribution is 2.18. The Kier molecular flexibility index (Phi) is 7.10. The zero-order valence-electron chi connectivity index (χ0n) is 9.47. The van der Waals surface area contributed by atoms with Gasteiger partial charge in [0.15, 0.2) is 0 Å². The Labute approximate surface area is 93.6 Å². The predicted molar refractivity (Wildman–Crippen MR) is 53.8 cm³/mol. The molecule has 6 heteroatoms. The van der Waals surface area contributed by atoms with Gasteiger partial charge in [-0.25, -0.2) is 0 Å². The lowest BCUT2D eigenvalue weighted by Gasteiger charge is -2.14. The van der Waals surface area contributed by atoms with Crippen LogP contribution in [0.1, 0.15) is 26.7 Å². The smallest absolute Gasteiger partial charge is 0.381 e. The van der Waals surface area contributed by atoms with Crippen molar-refractivity contribution in [3.05, 3.63) is 0 Å². The van der Waals surface area contributed by atoms with Crippen LogP contribution in [-0.4, -0.2) is 31.5 Å². The maximum Gasteiger partial charge on any atom is 0.391 e. The molecule has 0 aromatic heterocycles. The van der Waals surface area contributed by atoms with Gasteiger partial charge in [-0.2, -0.15) is 18.4 Å². The number of rotatable bonds is 7. The third-order valence-corrected chi connectivity index (χ3v) is 1.77. The Morgan fingerprint density at radius 3 is 2.38 bits per heavy atom. The lowest BCUT2D eigenvalue weighted by atomic mass is 10.2. The van der Waals surface area contributed by atoms with Crippen LogP contribution in [0.5, 0.6) is 0 Å². The summed E-state index contributed by atoms with van der Waals surface area (Å²) in [5.74, 6) is 0. The number of halogens is 3. The highest BCUT2D eigenvalue weighted by molar-refractivity contribution is 4.90. The second-order valence-corrected chi connectivity index (χ2v) is 3.77. The van der Waals surface area contributed by atoms with Crippen molar-refractivity contribution >= 4 is 0 Å². The van der Waals surface area contributed by atoms with E-state index in [0.29, 0.717) is 6.42 Å². The summed E-state index contributed by atoms with van der Waals surface area (Å²) in [6, 6.07) is 1.82. The number of hydrogen-bond acceptors (Lipinski definition) is 3. The van der Waals surface area contributed by atoms with Crippen molar-refractivity contribution in [3.63, 3.8) is 0 Å². The van der Waals surface area contributed by atoms with E-state index in [2.05, 4.69) is 5.32 Å². The van der Waals surface area contributed by atoms with E-state index in [4.69, 9.17) is 10.00 Å². The second-order valence-electron chi connectivity index (χ2n) is 3.77. The summed E-state index contributed by atoms with van der Waals surface area (Å²) < 4.78 is 40.0. The fourth-order valence-electron chi connectivity index (χ4n) is 1.08. The van der Waals surface area contributed by atoms with Gasteiger partial charge in [0.25, 0.3) is 0 Å². The van der Waals surface area contributed by atoms with Crippen LogP contribution in [0.2, 0.25) is 0 Å². The summed E-state index contributed by atoms with van der Waals surface area (Å²) in [5, 5.41) is 11.7. The summed E-state index contributed by atoms with van der Waals surface area (Å²) in [5.41, 5.74) is 0. The number of nitriles is 1. The summed E-state index contributed by atoms with van der Waals surface area (Å²) >= 11 is 0. The van der Waals surface area contributed by atoms with E-state index in [0.717, 1.165) is 0 Å². The molecule has 0 aliphatic heterocycles. The van der Waals surface area contributed by atoms with E-state index in [1.807, 2.05) is 19.9 Å². The van der Waals surface area contributed by atoms with Gasteiger partial charge >= 0.3 is 6.18 Å². The summed E-state index contributed by atoms with van der Waals surface area (Å²) in [7, 11) is 0. The molecule has 0 saturated heterocycles. The zero-order valence-corrected chi connectivity index (χ0v) is 9.47. The van der Waals surface area contributed by atoms with Gasteiger partial charge < -0.3 is 4.74 Å². The topological polar surface area (TPSA) is 45.0 Å². The van der Waals surface area contributed by atoms with Crippen molar-refractivity contribution in [2.24, 2.45) is 0 Å². The second kappa shape index (κ2) is 7.47. The van der Waals surface area contributed by atoms with Crippen LogP contribution >= 0.6 is 0 Å². The van der Waals surface area contributed by atoms with E-state index in [-0.39, 0.29) is 25.3 Å². The standard InChI is InChI=1S/C10H17F3N2O/c1-8(2)15-9(7-14)3-5-16-6-4-10(11,12)13/h8-9,15H,3-6H2,1-2H3. The molecule has 94 valence electrons. The molecule has 0 heterocycles. The minimum absolute atomic E-state index is 0.161. The molecule has 0 fully saturated rings. The zero-order chi connectivity index (χ0) is 12.6. The van der Waals surface area contributed by atoms with Crippen molar-refractivity contribution in [3.8, 4) is 6.07 Å². The van der Waals surface area contributed by atoms with Crippen molar-refractivity contribution in [2.45, 2.75) is 44.9 Å². The lowest BCUT2D eigenvalue weighted by molar-refractivity contribution is -0.145. The minimum Gasteiger partial charge on any atom is -0.381 e. The molecule has 0 bridgehead atoms. The van der Waals surface area contributed by atoms with Gasteiger partial charge in [-0.15, -0.1) is 0 Å². The van der Waals surface area contributed by atoms with Crippen LogP contribution in [-0.2, 0) is 4.74 Å². The SMILES string of the molecule is CC(C)NC(C#N)CCOCCC(F)(F)F. The average molecular weight is 238 g/mol. The summed E-state index contributed by atoms with van der Waals surface area (Å²) in [4.78, 5) is 0. The first kappa shape index (κ1) is 15.2. The molecule has 0 aliphatic rings. The lowest BCUT2D eigenvalue weighted by Crippen LogP contribution is -2.34. The molecule has 0 rings (SSSR count). The van der Waals surface area contributed by atoms with Gasteiger partial charge in [-0.1, -0.05) is 0 Å². The molecule has 0 aromatic rings. The molecule has 1 unspecified atom stereocenters. The first-order valence-corrected chi connectivity index (χ1v) is 5.15. The van der Waals surface area contributed by atoms with E-state index < -0.39 is 12.6 Å². The van der Waals surface area contributed by atoms with Crippen LogP contribution in [0.15, 0.2) is 0 Å². The van der Waals surface area contributed by atoms with Crippen LogP contribution in [0.4, 0.5) is 13.2 Å². The number of nitrogens with one attached hydrogen (secondary N) is 1. The Morgan fingerprint density at radius 2 is 1.94 bits per heavy atom. The number of ether oxygens (including phenoxy) is 1. The first-order valence-electron chi connectivity index (χ1n) is 5.15. The van der Waals surface area contributed by atoms with E-state index in [9.17, 15) is 13.2 Å². The fourth-order valence-corrected chi connectivity index (χ4v) is 1.08. The monoisotopic (exact) mass is 238 g/mol. The maximum absolute atomic E-state index is 11.7. The molecule has 1 N–H and O–H groups in total. The third kappa shape index (κ3) is 9.74. The molecule has 16 heavy (non-hydrogen) atoms. The third-order valence-electron chi connectivity index (χ3n) is 1.77. The van der Waals surface area contributed by atoms with Crippen molar-refractivity contribution in [1.82, 2.24) is 5.32 Å². The highest BCUT2D eigenvalue weighted by Gasteiger charge is 2.26. The van der Waals surface area contributed by atoms with E-state index in [1.165, 1.54) is 0 Å². The molecule has 0 aliphatic carbocycles. The largest absolute Gasteiger partial charge is 0.391 e. The molecule has 0 amide bonds. The van der Waals surface area contributed by atoms with E-state index >= 15 is 0 Å². The van der Waals surface area contributed by atoms with E-state index in [1.54, 1.807) is 0 Å². The maximum atomic E-state index is 11.7. The molecule has 0 spiro atoms. The van der Waals surface area contributed by atoms with Crippen molar-refractivity contribution in [1.29, 1.82) is 5.26 Å². The molecule has 0 aromatic carbocycles. The normalized spacial score (nSPS) is 13.8. The number of alkyl halides is 3. The molecule has 0 saturated carbocycles. The molecular weight excluding hydrogens is 221 g/mol. The average Bonchev–Trinajstić information content (AvgIpc) is 2.13. The Hall–Kier alpha value is -0.800. The van der Waals surface area contributed by atoms with Crippen LogP contribution in [0.25, 0.3) is 0 Å². The van der Waals surface area contributed by atoms with Gasteiger partial charge in [0.05, 0.1) is 25.1 Å². The van der Waals surface area contributed by atoms with Crippen molar-refractivity contribution < 1.29 is 17.9 Å². The van der Waals surface area contributed by atoms with Crippen LogP contribution in [0.3, 0.4) is 0 Å². The Balaban J connectivity index is 3.54. The molecule has 3 nitrogen and oxygen atoms in total.